The van der Waals surface area contributed by atoms with Crippen LogP contribution in [0.5, 0.6) is 0 Å². The lowest BCUT2D eigenvalue weighted by Gasteiger charge is -2.05. The highest BCUT2D eigenvalue weighted by atomic mass is 32.1. The number of aromatic carboxylic acids is 1. The second kappa shape index (κ2) is 4.33. The molecule has 0 atom stereocenters. The lowest BCUT2D eigenvalue weighted by molar-refractivity contribution is -0.603. The van der Waals surface area contributed by atoms with Crippen molar-refractivity contribution in [1.29, 1.82) is 0 Å². The van der Waals surface area contributed by atoms with Crippen molar-refractivity contribution in [2.24, 2.45) is 0 Å². The molecular formula is C13H8N2O3S. The second-order valence-corrected chi connectivity index (χ2v) is 4.90. The van der Waals surface area contributed by atoms with Gasteiger partial charge in [0.05, 0.1) is 16.5 Å². The van der Waals surface area contributed by atoms with E-state index in [0.717, 1.165) is 4.88 Å². The van der Waals surface area contributed by atoms with Crippen molar-refractivity contribution in [1.82, 2.24) is 4.98 Å². The summed E-state index contributed by atoms with van der Waals surface area (Å²) < 4.78 is 0.708. The Morgan fingerprint density at radius 1 is 1.32 bits per heavy atom. The Morgan fingerprint density at radius 2 is 2.16 bits per heavy atom. The van der Waals surface area contributed by atoms with Crippen LogP contribution in [-0.4, -0.2) is 16.1 Å². The fourth-order valence-corrected chi connectivity index (χ4v) is 2.62. The van der Waals surface area contributed by atoms with Crippen LogP contribution in [-0.2, 0) is 0 Å². The standard InChI is InChI=1S/C13H8N2O3S/c16-13(17)10-4-3-8-6-15(18)7-9(12(8)14-10)11-2-1-5-19-11/h1-7H,(H,16,17). The number of hydrogen-bond acceptors (Lipinski definition) is 4. The van der Waals surface area contributed by atoms with Crippen LogP contribution in [0.15, 0.2) is 42.0 Å². The van der Waals surface area contributed by atoms with Crippen molar-refractivity contribution in [3.8, 4) is 10.4 Å². The van der Waals surface area contributed by atoms with E-state index in [9.17, 15) is 10.0 Å². The Labute approximate surface area is 112 Å². The van der Waals surface area contributed by atoms with Crippen LogP contribution in [0, 0.1) is 5.21 Å². The van der Waals surface area contributed by atoms with Gasteiger partial charge in [0.15, 0.2) is 12.4 Å². The van der Waals surface area contributed by atoms with E-state index < -0.39 is 5.97 Å². The molecule has 3 aromatic rings. The van der Waals surface area contributed by atoms with Crippen molar-refractivity contribution >= 4 is 28.2 Å². The van der Waals surface area contributed by atoms with Crippen LogP contribution in [0.25, 0.3) is 21.3 Å². The smallest absolute Gasteiger partial charge is 0.354 e. The zero-order valence-corrected chi connectivity index (χ0v) is 10.4. The summed E-state index contributed by atoms with van der Waals surface area (Å²) in [5, 5.41) is 23.1. The van der Waals surface area contributed by atoms with Crippen LogP contribution >= 0.6 is 11.3 Å². The minimum atomic E-state index is -1.09. The average Bonchev–Trinajstić information content (AvgIpc) is 2.90. The van der Waals surface area contributed by atoms with Crippen LogP contribution in [0.3, 0.4) is 0 Å². The fraction of sp³-hybridized carbons (Fsp3) is 0. The Kier molecular flexibility index (Phi) is 2.64. The molecule has 5 nitrogen and oxygen atoms in total. The molecule has 3 heterocycles. The number of thiophene rings is 1. The lowest BCUT2D eigenvalue weighted by Crippen LogP contribution is -2.24. The van der Waals surface area contributed by atoms with Gasteiger partial charge in [0, 0.05) is 4.88 Å². The van der Waals surface area contributed by atoms with E-state index in [1.807, 2.05) is 17.5 Å². The van der Waals surface area contributed by atoms with Gasteiger partial charge in [0.1, 0.15) is 5.69 Å². The predicted molar refractivity (Wildman–Crippen MR) is 71.0 cm³/mol. The van der Waals surface area contributed by atoms with Crippen LogP contribution in [0.4, 0.5) is 0 Å². The minimum Gasteiger partial charge on any atom is -0.619 e. The highest BCUT2D eigenvalue weighted by Crippen LogP contribution is 2.29. The van der Waals surface area contributed by atoms with Gasteiger partial charge in [-0.1, -0.05) is 6.07 Å². The Morgan fingerprint density at radius 3 is 2.84 bits per heavy atom. The van der Waals surface area contributed by atoms with E-state index in [4.69, 9.17) is 5.11 Å². The summed E-state index contributed by atoms with van der Waals surface area (Å²) in [4.78, 5) is 16.0. The van der Waals surface area contributed by atoms with Crippen LogP contribution < -0.4 is 4.73 Å². The van der Waals surface area contributed by atoms with E-state index in [1.54, 1.807) is 6.07 Å². The van der Waals surface area contributed by atoms with Crippen molar-refractivity contribution in [3.05, 3.63) is 52.9 Å². The van der Waals surface area contributed by atoms with E-state index in [0.29, 0.717) is 21.2 Å². The number of pyridine rings is 2. The van der Waals surface area contributed by atoms with E-state index in [2.05, 4.69) is 4.98 Å². The normalized spacial score (nSPS) is 10.7. The molecule has 0 bridgehead atoms. The largest absolute Gasteiger partial charge is 0.619 e. The number of carboxylic acids is 1. The van der Waals surface area contributed by atoms with Gasteiger partial charge in [-0.2, -0.15) is 4.73 Å². The number of carboxylic acid groups (broad SMARTS) is 1. The van der Waals surface area contributed by atoms with Gasteiger partial charge >= 0.3 is 5.97 Å². The Balaban J connectivity index is 2.35. The van der Waals surface area contributed by atoms with Crippen molar-refractivity contribution in [2.75, 3.05) is 0 Å². The van der Waals surface area contributed by atoms with Crippen LogP contribution in [0.2, 0.25) is 0 Å². The summed E-state index contributed by atoms with van der Waals surface area (Å²) in [6.07, 6.45) is 2.79. The quantitative estimate of drug-likeness (QED) is 0.573. The highest BCUT2D eigenvalue weighted by molar-refractivity contribution is 7.13. The van der Waals surface area contributed by atoms with Crippen molar-refractivity contribution in [2.45, 2.75) is 0 Å². The number of hydrogen-bond donors (Lipinski definition) is 1. The fourth-order valence-electron chi connectivity index (χ4n) is 1.88. The molecule has 94 valence electrons. The first-order valence-electron chi connectivity index (χ1n) is 5.46. The molecule has 3 rings (SSSR count). The third-order valence-corrected chi connectivity index (χ3v) is 3.61. The first kappa shape index (κ1) is 11.6. The van der Waals surface area contributed by atoms with Gasteiger partial charge in [-0.05, 0) is 23.6 Å². The SMILES string of the molecule is O=C(O)c1ccc2c[n+]([O-])cc(-c3cccs3)c2n1. The van der Waals surface area contributed by atoms with Gasteiger partial charge < -0.3 is 10.3 Å². The van der Waals surface area contributed by atoms with Crippen molar-refractivity contribution in [3.63, 3.8) is 0 Å². The van der Waals surface area contributed by atoms with Crippen molar-refractivity contribution < 1.29 is 14.6 Å². The average molecular weight is 272 g/mol. The summed E-state index contributed by atoms with van der Waals surface area (Å²) in [6.45, 7) is 0. The summed E-state index contributed by atoms with van der Waals surface area (Å²) in [5.41, 5.74) is 1.13. The third kappa shape index (κ3) is 2.02. The molecule has 6 heteroatoms. The zero-order chi connectivity index (χ0) is 13.4. The molecule has 0 unspecified atom stereocenters. The number of aromatic nitrogens is 2. The lowest BCUT2D eigenvalue weighted by atomic mass is 10.1. The maximum atomic E-state index is 11.6. The zero-order valence-electron chi connectivity index (χ0n) is 9.61. The third-order valence-electron chi connectivity index (χ3n) is 2.71. The monoisotopic (exact) mass is 272 g/mol. The number of nitrogens with zero attached hydrogens (tertiary/aromatic N) is 2. The first-order chi connectivity index (χ1) is 9.15. The van der Waals surface area contributed by atoms with E-state index in [-0.39, 0.29) is 5.69 Å². The maximum absolute atomic E-state index is 11.6. The molecule has 0 spiro atoms. The van der Waals surface area contributed by atoms with Gasteiger partial charge in [-0.25, -0.2) is 9.78 Å². The molecular weight excluding hydrogens is 264 g/mol. The van der Waals surface area contributed by atoms with E-state index >= 15 is 0 Å². The summed E-state index contributed by atoms with van der Waals surface area (Å²) >= 11 is 1.47. The molecule has 0 saturated carbocycles. The highest BCUT2D eigenvalue weighted by Gasteiger charge is 2.14. The topological polar surface area (TPSA) is 77.1 Å². The Bertz CT molecular complexity index is 769. The summed E-state index contributed by atoms with van der Waals surface area (Å²) in [6, 6.07) is 6.73. The van der Waals surface area contributed by atoms with Crippen LogP contribution in [0.1, 0.15) is 10.5 Å². The molecule has 0 saturated heterocycles. The molecule has 0 aliphatic carbocycles. The molecule has 0 amide bonds. The molecule has 1 N–H and O–H groups in total. The second-order valence-electron chi connectivity index (χ2n) is 3.95. The van der Waals surface area contributed by atoms with Gasteiger partial charge in [0.25, 0.3) is 0 Å². The number of fused-ring (bicyclic) bond motifs is 1. The van der Waals surface area contributed by atoms with Gasteiger partial charge in [-0.3, -0.25) is 0 Å². The molecule has 0 aliphatic heterocycles. The molecule has 19 heavy (non-hydrogen) atoms. The maximum Gasteiger partial charge on any atom is 0.354 e. The predicted octanol–water partition coefficient (Wildman–Crippen LogP) is 2.29. The minimum absolute atomic E-state index is 0.0334. The van der Waals surface area contributed by atoms with E-state index in [1.165, 1.54) is 29.8 Å². The Hall–Kier alpha value is -2.47. The number of rotatable bonds is 2. The van der Waals surface area contributed by atoms with Gasteiger partial charge in [0.2, 0.25) is 0 Å². The summed E-state index contributed by atoms with van der Waals surface area (Å²) in [7, 11) is 0. The molecule has 0 aliphatic rings. The summed E-state index contributed by atoms with van der Waals surface area (Å²) in [5.74, 6) is -1.09. The molecule has 0 fully saturated rings. The first-order valence-corrected chi connectivity index (χ1v) is 6.34. The molecule has 0 radical (unpaired) electrons. The molecule has 0 aromatic carbocycles. The number of carbonyl (C=O) groups is 1. The van der Waals surface area contributed by atoms with Gasteiger partial charge in [-0.15, -0.1) is 11.3 Å². The molecule has 3 aromatic heterocycles.